The zero-order chi connectivity index (χ0) is 9.52. The lowest BCUT2D eigenvalue weighted by molar-refractivity contribution is -0.107. The minimum absolute atomic E-state index is 0.321. The third-order valence-corrected chi connectivity index (χ3v) is 2.01. The molecule has 0 amide bonds. The molecule has 2 nitrogen and oxygen atoms in total. The summed E-state index contributed by atoms with van der Waals surface area (Å²) in [5.74, 6) is 0. The Hall–Kier alpha value is -1.15. The van der Waals surface area contributed by atoms with E-state index in [1.165, 1.54) is 5.56 Å². The Morgan fingerprint density at radius 1 is 1.38 bits per heavy atom. The van der Waals surface area contributed by atoms with Crippen LogP contribution in [0.15, 0.2) is 30.3 Å². The minimum atomic E-state index is 0.321. The lowest BCUT2D eigenvalue weighted by Gasteiger charge is -2.12. The van der Waals surface area contributed by atoms with Gasteiger partial charge < -0.3 is 10.1 Å². The van der Waals surface area contributed by atoms with Gasteiger partial charge in [-0.25, -0.2) is 0 Å². The Bertz CT molecular complexity index is 246. The van der Waals surface area contributed by atoms with Gasteiger partial charge in [0.25, 0.3) is 0 Å². The fourth-order valence-electron chi connectivity index (χ4n) is 1.22. The van der Waals surface area contributed by atoms with Crippen molar-refractivity contribution in [3.8, 4) is 0 Å². The smallest absolute Gasteiger partial charge is 0.121 e. The van der Waals surface area contributed by atoms with E-state index in [-0.39, 0.29) is 0 Å². The van der Waals surface area contributed by atoms with E-state index in [2.05, 4.69) is 24.4 Å². The zero-order valence-corrected chi connectivity index (χ0v) is 7.86. The van der Waals surface area contributed by atoms with Crippen molar-refractivity contribution in [1.29, 1.82) is 0 Å². The SMILES string of the molecule is C[C@@H](NCCC=O)c1ccccc1. The average Bonchev–Trinajstić information content (AvgIpc) is 2.19. The molecule has 0 saturated heterocycles. The second-order valence-electron chi connectivity index (χ2n) is 3.04. The lowest BCUT2D eigenvalue weighted by atomic mass is 10.1. The molecule has 1 rings (SSSR count). The highest BCUT2D eigenvalue weighted by atomic mass is 16.1. The molecule has 1 atom stereocenters. The summed E-state index contributed by atoms with van der Waals surface area (Å²) in [5, 5.41) is 3.27. The Morgan fingerprint density at radius 3 is 2.69 bits per heavy atom. The van der Waals surface area contributed by atoms with Gasteiger partial charge in [-0.2, -0.15) is 0 Å². The van der Waals surface area contributed by atoms with Gasteiger partial charge in [-0.1, -0.05) is 30.3 Å². The van der Waals surface area contributed by atoms with Crippen molar-refractivity contribution in [2.75, 3.05) is 6.54 Å². The van der Waals surface area contributed by atoms with Gasteiger partial charge in [0.1, 0.15) is 6.29 Å². The number of nitrogens with one attached hydrogen (secondary N) is 1. The van der Waals surface area contributed by atoms with Crippen molar-refractivity contribution >= 4 is 6.29 Å². The van der Waals surface area contributed by atoms with Crippen molar-refractivity contribution in [3.05, 3.63) is 35.9 Å². The molecule has 0 bridgehead atoms. The first-order valence-electron chi connectivity index (χ1n) is 4.56. The van der Waals surface area contributed by atoms with E-state index in [0.717, 1.165) is 12.8 Å². The van der Waals surface area contributed by atoms with Crippen LogP contribution in [0.25, 0.3) is 0 Å². The molecule has 0 unspecified atom stereocenters. The molecule has 0 saturated carbocycles. The largest absolute Gasteiger partial charge is 0.310 e. The van der Waals surface area contributed by atoms with Gasteiger partial charge in [0.05, 0.1) is 0 Å². The van der Waals surface area contributed by atoms with Crippen LogP contribution < -0.4 is 5.32 Å². The van der Waals surface area contributed by atoms with E-state index in [9.17, 15) is 4.79 Å². The van der Waals surface area contributed by atoms with Crippen LogP contribution in [-0.4, -0.2) is 12.8 Å². The van der Waals surface area contributed by atoms with Crippen LogP contribution >= 0.6 is 0 Å². The van der Waals surface area contributed by atoms with Gasteiger partial charge in [-0.3, -0.25) is 0 Å². The second kappa shape index (κ2) is 5.49. The zero-order valence-electron chi connectivity index (χ0n) is 7.86. The molecule has 13 heavy (non-hydrogen) atoms. The maximum absolute atomic E-state index is 10.1. The third kappa shape index (κ3) is 3.38. The van der Waals surface area contributed by atoms with Crippen LogP contribution in [0.4, 0.5) is 0 Å². The maximum Gasteiger partial charge on any atom is 0.121 e. The summed E-state index contributed by atoms with van der Waals surface area (Å²) in [6, 6.07) is 10.5. The van der Waals surface area contributed by atoms with Crippen LogP contribution in [-0.2, 0) is 4.79 Å². The first-order valence-corrected chi connectivity index (χ1v) is 4.56. The lowest BCUT2D eigenvalue weighted by Crippen LogP contribution is -2.19. The standard InChI is InChI=1S/C11H15NO/c1-10(12-8-5-9-13)11-6-3-2-4-7-11/h2-4,6-7,9-10,12H,5,8H2,1H3/t10-/m1/s1. The van der Waals surface area contributed by atoms with Crippen molar-refractivity contribution in [2.45, 2.75) is 19.4 Å². The van der Waals surface area contributed by atoms with Gasteiger partial charge in [-0.05, 0) is 12.5 Å². The van der Waals surface area contributed by atoms with Crippen LogP contribution in [0.3, 0.4) is 0 Å². The monoisotopic (exact) mass is 177 g/mol. The highest BCUT2D eigenvalue weighted by Gasteiger charge is 2.01. The predicted molar refractivity (Wildman–Crippen MR) is 53.5 cm³/mol. The van der Waals surface area contributed by atoms with Gasteiger partial charge in [-0.15, -0.1) is 0 Å². The fraction of sp³-hybridized carbons (Fsp3) is 0.364. The topological polar surface area (TPSA) is 29.1 Å². The first kappa shape index (κ1) is 9.93. The molecule has 0 heterocycles. The number of carbonyl (C=O) groups is 1. The van der Waals surface area contributed by atoms with Gasteiger partial charge >= 0.3 is 0 Å². The molecule has 0 aliphatic rings. The van der Waals surface area contributed by atoms with E-state index in [4.69, 9.17) is 0 Å². The fourth-order valence-corrected chi connectivity index (χ4v) is 1.22. The van der Waals surface area contributed by atoms with Crippen molar-refractivity contribution in [3.63, 3.8) is 0 Å². The Balaban J connectivity index is 2.39. The summed E-state index contributed by atoms with van der Waals surface area (Å²) in [5.41, 5.74) is 1.26. The van der Waals surface area contributed by atoms with E-state index in [1.54, 1.807) is 0 Å². The van der Waals surface area contributed by atoms with Crippen molar-refractivity contribution in [1.82, 2.24) is 5.32 Å². The number of hydrogen-bond acceptors (Lipinski definition) is 2. The number of rotatable bonds is 5. The van der Waals surface area contributed by atoms with Crippen LogP contribution in [0.5, 0.6) is 0 Å². The molecule has 0 aliphatic heterocycles. The maximum atomic E-state index is 10.1. The molecular formula is C11H15NO. The summed E-state index contributed by atoms with van der Waals surface area (Å²) in [4.78, 5) is 10.1. The molecule has 1 aromatic rings. The Morgan fingerprint density at radius 2 is 2.08 bits per heavy atom. The quantitative estimate of drug-likeness (QED) is 0.550. The Kier molecular flexibility index (Phi) is 4.19. The molecule has 0 fully saturated rings. The molecule has 1 N–H and O–H groups in total. The molecule has 70 valence electrons. The van der Waals surface area contributed by atoms with Gasteiger partial charge in [0.2, 0.25) is 0 Å². The van der Waals surface area contributed by atoms with E-state index < -0.39 is 0 Å². The van der Waals surface area contributed by atoms with E-state index >= 15 is 0 Å². The number of carbonyl (C=O) groups excluding carboxylic acids is 1. The molecule has 0 spiro atoms. The molecule has 0 aromatic heterocycles. The summed E-state index contributed by atoms with van der Waals surface area (Å²) in [6.45, 7) is 2.85. The van der Waals surface area contributed by atoms with Gasteiger partial charge in [0.15, 0.2) is 0 Å². The summed E-state index contributed by atoms with van der Waals surface area (Å²) < 4.78 is 0. The first-order chi connectivity index (χ1) is 6.34. The Labute approximate surface area is 79.0 Å². The number of aldehydes is 1. The highest BCUT2D eigenvalue weighted by Crippen LogP contribution is 2.10. The summed E-state index contributed by atoms with van der Waals surface area (Å²) in [6.07, 6.45) is 1.52. The van der Waals surface area contributed by atoms with Gasteiger partial charge in [0, 0.05) is 19.0 Å². The molecule has 0 aliphatic carbocycles. The molecule has 2 heteroatoms. The second-order valence-corrected chi connectivity index (χ2v) is 3.04. The predicted octanol–water partition coefficient (Wildman–Crippen LogP) is 1.93. The minimum Gasteiger partial charge on any atom is -0.310 e. The van der Waals surface area contributed by atoms with Crippen molar-refractivity contribution in [2.24, 2.45) is 0 Å². The van der Waals surface area contributed by atoms with Crippen LogP contribution in [0.2, 0.25) is 0 Å². The molecule has 1 aromatic carbocycles. The molecule has 0 radical (unpaired) electrons. The summed E-state index contributed by atoms with van der Waals surface area (Å²) >= 11 is 0. The van der Waals surface area contributed by atoms with Crippen LogP contribution in [0, 0.1) is 0 Å². The average molecular weight is 177 g/mol. The van der Waals surface area contributed by atoms with E-state index in [0.29, 0.717) is 12.5 Å². The number of benzene rings is 1. The third-order valence-electron chi connectivity index (χ3n) is 2.01. The van der Waals surface area contributed by atoms with Crippen molar-refractivity contribution < 1.29 is 4.79 Å². The number of hydrogen-bond donors (Lipinski definition) is 1. The highest BCUT2D eigenvalue weighted by molar-refractivity contribution is 5.49. The molecular weight excluding hydrogens is 162 g/mol. The summed E-state index contributed by atoms with van der Waals surface area (Å²) in [7, 11) is 0. The van der Waals surface area contributed by atoms with E-state index in [1.807, 2.05) is 18.2 Å². The van der Waals surface area contributed by atoms with Crippen LogP contribution in [0.1, 0.15) is 24.9 Å². The normalized spacial score (nSPS) is 12.4.